The highest BCUT2D eigenvalue weighted by atomic mass is 35.5. The number of amides is 1. The van der Waals surface area contributed by atoms with Crippen LogP contribution in [0, 0.1) is 11.3 Å². The SMILES string of the molecule is CC(C)C(N)CC(=O)N1CC[C@](O)(c2ccc(Cl)cc2)C(C)(C)C1.Cl. The molecule has 1 amide bonds. The molecule has 0 bridgehead atoms. The standard InChI is InChI=1S/C19H29ClN2O2.ClH/c1-13(2)16(21)11-17(23)22-10-9-19(24,18(3,4)12-22)14-5-7-15(20)8-6-14;/h5-8,13,16,24H,9-12,21H2,1-4H3;1H/t16?,19-;/m0./s1. The molecule has 3 N–H and O–H groups in total. The molecule has 1 aromatic rings. The van der Waals surface area contributed by atoms with Crippen molar-refractivity contribution in [2.24, 2.45) is 17.1 Å². The molecule has 0 aliphatic carbocycles. The normalized spacial score (nSPS) is 23.9. The summed E-state index contributed by atoms with van der Waals surface area (Å²) in [4.78, 5) is 14.4. The highest BCUT2D eigenvalue weighted by Crippen LogP contribution is 2.46. The molecule has 2 rings (SSSR count). The number of likely N-dealkylation sites (tertiary alicyclic amines) is 1. The van der Waals surface area contributed by atoms with Crippen LogP contribution < -0.4 is 5.73 Å². The van der Waals surface area contributed by atoms with Crippen LogP contribution in [0.1, 0.15) is 46.1 Å². The minimum Gasteiger partial charge on any atom is -0.384 e. The molecule has 2 atom stereocenters. The second-order valence-electron chi connectivity index (χ2n) is 7.93. The van der Waals surface area contributed by atoms with Crippen molar-refractivity contribution in [2.75, 3.05) is 13.1 Å². The predicted molar refractivity (Wildman–Crippen MR) is 105 cm³/mol. The lowest BCUT2D eigenvalue weighted by molar-refractivity contribution is -0.153. The predicted octanol–water partition coefficient (Wildman–Crippen LogP) is 3.58. The van der Waals surface area contributed by atoms with Crippen molar-refractivity contribution in [1.29, 1.82) is 0 Å². The summed E-state index contributed by atoms with van der Waals surface area (Å²) >= 11 is 5.96. The lowest BCUT2D eigenvalue weighted by atomic mass is 9.66. The first-order valence-electron chi connectivity index (χ1n) is 8.58. The number of hydrogen-bond acceptors (Lipinski definition) is 3. The van der Waals surface area contributed by atoms with Gasteiger partial charge >= 0.3 is 0 Å². The summed E-state index contributed by atoms with van der Waals surface area (Å²) in [6, 6.07) is 7.21. The van der Waals surface area contributed by atoms with Gasteiger partial charge in [0, 0.05) is 36.0 Å². The maximum Gasteiger partial charge on any atom is 0.224 e. The van der Waals surface area contributed by atoms with E-state index in [2.05, 4.69) is 0 Å². The van der Waals surface area contributed by atoms with E-state index in [1.165, 1.54) is 0 Å². The Bertz CT molecular complexity index is 590. The van der Waals surface area contributed by atoms with Gasteiger partial charge in [-0.3, -0.25) is 4.79 Å². The van der Waals surface area contributed by atoms with E-state index in [-0.39, 0.29) is 30.3 Å². The number of halogens is 2. The molecule has 0 aromatic heterocycles. The molecule has 1 heterocycles. The molecule has 1 unspecified atom stereocenters. The zero-order valence-corrected chi connectivity index (χ0v) is 17.0. The molecule has 0 radical (unpaired) electrons. The molecule has 1 fully saturated rings. The third-order valence-corrected chi connectivity index (χ3v) is 5.64. The molecule has 1 saturated heterocycles. The van der Waals surface area contributed by atoms with Gasteiger partial charge in [-0.05, 0) is 30.0 Å². The first kappa shape index (κ1) is 22.2. The number of carbonyl (C=O) groups is 1. The molecular formula is C19H30Cl2N2O2. The molecule has 25 heavy (non-hydrogen) atoms. The molecule has 6 heteroatoms. The first-order valence-corrected chi connectivity index (χ1v) is 8.96. The van der Waals surface area contributed by atoms with E-state index in [4.69, 9.17) is 17.3 Å². The van der Waals surface area contributed by atoms with Gasteiger partial charge in [-0.1, -0.05) is 51.4 Å². The summed E-state index contributed by atoms with van der Waals surface area (Å²) < 4.78 is 0. The minimum absolute atomic E-state index is 0. The van der Waals surface area contributed by atoms with Crippen molar-refractivity contribution in [3.63, 3.8) is 0 Å². The van der Waals surface area contributed by atoms with Crippen LogP contribution in [-0.4, -0.2) is 35.0 Å². The maximum atomic E-state index is 12.5. The summed E-state index contributed by atoms with van der Waals surface area (Å²) in [7, 11) is 0. The van der Waals surface area contributed by atoms with Crippen molar-refractivity contribution in [3.05, 3.63) is 34.9 Å². The average molecular weight is 389 g/mol. The highest BCUT2D eigenvalue weighted by Gasteiger charge is 2.49. The van der Waals surface area contributed by atoms with Gasteiger partial charge in [-0.15, -0.1) is 12.4 Å². The molecule has 0 saturated carbocycles. The monoisotopic (exact) mass is 388 g/mol. The number of nitrogens with two attached hydrogens (primary N) is 1. The van der Waals surface area contributed by atoms with Gasteiger partial charge < -0.3 is 15.7 Å². The fraction of sp³-hybridized carbons (Fsp3) is 0.632. The van der Waals surface area contributed by atoms with E-state index in [0.29, 0.717) is 31.0 Å². The summed E-state index contributed by atoms with van der Waals surface area (Å²) in [5.41, 5.74) is 5.45. The van der Waals surface area contributed by atoms with Gasteiger partial charge in [0.1, 0.15) is 0 Å². The molecule has 1 aliphatic rings. The summed E-state index contributed by atoms with van der Waals surface area (Å²) in [6.45, 7) is 9.10. The van der Waals surface area contributed by atoms with Gasteiger partial charge in [0.25, 0.3) is 0 Å². The van der Waals surface area contributed by atoms with E-state index >= 15 is 0 Å². The third-order valence-electron chi connectivity index (χ3n) is 5.39. The Balaban J connectivity index is 0.00000312. The minimum atomic E-state index is -0.978. The van der Waals surface area contributed by atoms with E-state index in [1.807, 2.05) is 44.7 Å². The Labute approximate surface area is 162 Å². The van der Waals surface area contributed by atoms with E-state index in [0.717, 1.165) is 5.56 Å². The molecule has 1 aliphatic heterocycles. The van der Waals surface area contributed by atoms with Crippen molar-refractivity contribution in [3.8, 4) is 0 Å². The van der Waals surface area contributed by atoms with Crippen molar-refractivity contribution < 1.29 is 9.90 Å². The second-order valence-corrected chi connectivity index (χ2v) is 8.36. The third kappa shape index (κ3) is 4.68. The van der Waals surface area contributed by atoms with Crippen LogP contribution in [0.2, 0.25) is 5.02 Å². The zero-order valence-electron chi connectivity index (χ0n) is 15.5. The van der Waals surface area contributed by atoms with Crippen LogP contribution in [-0.2, 0) is 10.4 Å². The molecule has 0 spiro atoms. The van der Waals surface area contributed by atoms with Crippen LogP contribution in [0.25, 0.3) is 0 Å². The van der Waals surface area contributed by atoms with Crippen molar-refractivity contribution in [2.45, 2.75) is 52.2 Å². The summed E-state index contributed by atoms with van der Waals surface area (Å²) in [5, 5.41) is 12.0. The van der Waals surface area contributed by atoms with E-state index in [1.54, 1.807) is 12.1 Å². The molecule has 1 aromatic carbocycles. The summed E-state index contributed by atoms with van der Waals surface area (Å²) in [5.74, 6) is 0.347. The lowest BCUT2D eigenvalue weighted by Crippen LogP contribution is -2.57. The van der Waals surface area contributed by atoms with Crippen molar-refractivity contribution >= 4 is 29.9 Å². The number of rotatable bonds is 4. The van der Waals surface area contributed by atoms with E-state index < -0.39 is 11.0 Å². The number of hydrogen-bond donors (Lipinski definition) is 2. The van der Waals surface area contributed by atoms with Gasteiger partial charge in [0.2, 0.25) is 5.91 Å². The zero-order chi connectivity index (χ0) is 18.1. The molecular weight excluding hydrogens is 359 g/mol. The molecule has 142 valence electrons. The first-order chi connectivity index (χ1) is 11.1. The van der Waals surface area contributed by atoms with Gasteiger partial charge in [-0.25, -0.2) is 0 Å². The molecule has 4 nitrogen and oxygen atoms in total. The Morgan fingerprint density at radius 3 is 2.36 bits per heavy atom. The van der Waals surface area contributed by atoms with Crippen LogP contribution in [0.5, 0.6) is 0 Å². The fourth-order valence-electron chi connectivity index (χ4n) is 3.36. The highest BCUT2D eigenvalue weighted by molar-refractivity contribution is 6.30. The number of nitrogens with zero attached hydrogens (tertiary/aromatic N) is 1. The largest absolute Gasteiger partial charge is 0.384 e. The lowest BCUT2D eigenvalue weighted by Gasteiger charge is -2.50. The van der Waals surface area contributed by atoms with Gasteiger partial charge in [0.15, 0.2) is 0 Å². The fourth-order valence-corrected chi connectivity index (χ4v) is 3.49. The number of carbonyl (C=O) groups excluding carboxylic acids is 1. The second kappa shape index (κ2) is 8.26. The smallest absolute Gasteiger partial charge is 0.224 e. The average Bonchev–Trinajstić information content (AvgIpc) is 2.50. The van der Waals surface area contributed by atoms with Gasteiger partial charge in [-0.2, -0.15) is 0 Å². The number of aliphatic hydroxyl groups is 1. The quantitative estimate of drug-likeness (QED) is 0.827. The summed E-state index contributed by atoms with van der Waals surface area (Å²) in [6.07, 6.45) is 0.859. The van der Waals surface area contributed by atoms with Crippen molar-refractivity contribution in [1.82, 2.24) is 4.90 Å². The Morgan fingerprint density at radius 2 is 1.88 bits per heavy atom. The van der Waals surface area contributed by atoms with Crippen LogP contribution >= 0.6 is 24.0 Å². The Kier molecular flexibility index (Phi) is 7.34. The van der Waals surface area contributed by atoms with E-state index in [9.17, 15) is 9.90 Å². The Morgan fingerprint density at radius 1 is 1.32 bits per heavy atom. The number of piperidine rings is 1. The van der Waals surface area contributed by atoms with Gasteiger partial charge in [0.05, 0.1) is 5.60 Å². The maximum absolute atomic E-state index is 12.5. The topological polar surface area (TPSA) is 66.6 Å². The Hall–Kier alpha value is -0.810. The van der Waals surface area contributed by atoms with Crippen LogP contribution in [0.4, 0.5) is 0 Å². The van der Waals surface area contributed by atoms with Crippen LogP contribution in [0.15, 0.2) is 24.3 Å². The van der Waals surface area contributed by atoms with Crippen LogP contribution in [0.3, 0.4) is 0 Å². The number of benzene rings is 1.